The Bertz CT molecular complexity index is 524. The van der Waals surface area contributed by atoms with Gasteiger partial charge in [-0.1, -0.05) is 25.7 Å². The van der Waals surface area contributed by atoms with Gasteiger partial charge in [-0.3, -0.25) is 4.79 Å². The Kier molecular flexibility index (Phi) is 4.19. The van der Waals surface area contributed by atoms with E-state index in [0.717, 1.165) is 6.42 Å². The first-order chi connectivity index (χ1) is 8.58. The lowest BCUT2D eigenvalue weighted by Gasteiger charge is -2.10. The van der Waals surface area contributed by atoms with E-state index < -0.39 is 10.0 Å². The molecule has 0 spiro atoms. The third-order valence-electron chi connectivity index (χ3n) is 3.39. The van der Waals surface area contributed by atoms with Crippen LogP contribution in [0.15, 0.2) is 28.0 Å². The largest absolute Gasteiger partial charge is 0.328 e. The van der Waals surface area contributed by atoms with Crippen LogP contribution in [0, 0.1) is 5.92 Å². The number of nitrogens with one attached hydrogen (secondary N) is 2. The van der Waals surface area contributed by atoms with Crippen molar-refractivity contribution >= 4 is 10.0 Å². The van der Waals surface area contributed by atoms with Crippen LogP contribution in [0.1, 0.15) is 32.1 Å². The Morgan fingerprint density at radius 3 is 2.61 bits per heavy atom. The van der Waals surface area contributed by atoms with E-state index in [2.05, 4.69) is 9.71 Å². The topological polar surface area (TPSA) is 79.0 Å². The highest BCUT2D eigenvalue weighted by Crippen LogP contribution is 2.27. The summed E-state index contributed by atoms with van der Waals surface area (Å²) in [6.07, 6.45) is 7.05. The molecule has 0 unspecified atom stereocenters. The average molecular weight is 270 g/mol. The van der Waals surface area contributed by atoms with Gasteiger partial charge in [0.25, 0.3) is 0 Å². The lowest BCUT2D eigenvalue weighted by molar-refractivity contribution is 0.495. The molecule has 6 heteroatoms. The highest BCUT2D eigenvalue weighted by molar-refractivity contribution is 7.89. The lowest BCUT2D eigenvalue weighted by atomic mass is 10.1. The van der Waals surface area contributed by atoms with Crippen LogP contribution < -0.4 is 10.3 Å². The van der Waals surface area contributed by atoms with Crippen LogP contribution in [0.5, 0.6) is 0 Å². The van der Waals surface area contributed by atoms with Gasteiger partial charge in [0, 0.05) is 18.8 Å². The van der Waals surface area contributed by atoms with Crippen molar-refractivity contribution in [1.29, 1.82) is 0 Å². The van der Waals surface area contributed by atoms with E-state index in [1.165, 1.54) is 44.0 Å². The molecule has 0 radical (unpaired) electrons. The summed E-state index contributed by atoms with van der Waals surface area (Å²) in [6, 6.07) is 2.53. The second-order valence-electron chi connectivity index (χ2n) is 4.73. The Balaban J connectivity index is 1.90. The molecule has 2 rings (SSSR count). The van der Waals surface area contributed by atoms with Crippen LogP contribution in [0.4, 0.5) is 0 Å². The molecule has 0 amide bonds. The van der Waals surface area contributed by atoms with Gasteiger partial charge in [-0.25, -0.2) is 13.1 Å². The number of H-pyrrole nitrogens is 1. The van der Waals surface area contributed by atoms with Crippen LogP contribution in [0.3, 0.4) is 0 Å². The fraction of sp³-hybridized carbons (Fsp3) is 0.583. The van der Waals surface area contributed by atoms with Crippen LogP contribution in [0.25, 0.3) is 0 Å². The molecule has 1 aromatic heterocycles. The molecule has 1 aromatic rings. The fourth-order valence-electron chi connectivity index (χ4n) is 2.34. The summed E-state index contributed by atoms with van der Waals surface area (Å²) in [6.45, 7) is 0.464. The standard InChI is InChI=1S/C12H18N2O3S/c15-12-6-5-11(9-13-12)18(16,17)14-8-7-10-3-1-2-4-10/h5-6,9-10,14H,1-4,7-8H2,(H,13,15). The van der Waals surface area contributed by atoms with E-state index in [-0.39, 0.29) is 10.5 Å². The molecule has 0 atom stereocenters. The number of sulfonamides is 1. The molecular formula is C12H18N2O3S. The number of hydrogen-bond donors (Lipinski definition) is 2. The Morgan fingerprint density at radius 2 is 2.00 bits per heavy atom. The molecule has 0 aliphatic heterocycles. The van der Waals surface area contributed by atoms with E-state index in [1.54, 1.807) is 0 Å². The second kappa shape index (κ2) is 5.67. The zero-order valence-electron chi connectivity index (χ0n) is 10.2. The first-order valence-electron chi connectivity index (χ1n) is 6.26. The van der Waals surface area contributed by atoms with Gasteiger partial charge in [-0.2, -0.15) is 0 Å². The number of aromatic amines is 1. The minimum absolute atomic E-state index is 0.105. The number of hydrogen-bond acceptors (Lipinski definition) is 3. The third-order valence-corrected chi connectivity index (χ3v) is 4.84. The van der Waals surface area contributed by atoms with E-state index in [4.69, 9.17) is 0 Å². The SMILES string of the molecule is O=c1ccc(S(=O)(=O)NCCC2CCCC2)c[nH]1. The first kappa shape index (κ1) is 13.3. The van der Waals surface area contributed by atoms with Crippen molar-refractivity contribution in [3.8, 4) is 0 Å². The zero-order valence-corrected chi connectivity index (χ0v) is 11.0. The maximum Gasteiger partial charge on any atom is 0.247 e. The molecule has 18 heavy (non-hydrogen) atoms. The molecule has 0 bridgehead atoms. The molecule has 1 saturated carbocycles. The summed E-state index contributed by atoms with van der Waals surface area (Å²) in [4.78, 5) is 13.3. The van der Waals surface area contributed by atoms with Crippen molar-refractivity contribution < 1.29 is 8.42 Å². The molecular weight excluding hydrogens is 252 g/mol. The van der Waals surface area contributed by atoms with Crippen molar-refractivity contribution in [2.75, 3.05) is 6.54 Å². The zero-order chi connectivity index (χ0) is 13.0. The van der Waals surface area contributed by atoms with Crippen molar-refractivity contribution in [3.05, 3.63) is 28.7 Å². The summed E-state index contributed by atoms with van der Waals surface area (Å²) in [7, 11) is -3.49. The van der Waals surface area contributed by atoms with Crippen LogP contribution in [-0.2, 0) is 10.0 Å². The predicted molar refractivity (Wildman–Crippen MR) is 68.8 cm³/mol. The first-order valence-corrected chi connectivity index (χ1v) is 7.75. The number of pyridine rings is 1. The molecule has 1 fully saturated rings. The summed E-state index contributed by atoms with van der Waals surface area (Å²) in [5.74, 6) is 0.656. The molecule has 0 aromatic carbocycles. The van der Waals surface area contributed by atoms with Crippen LogP contribution >= 0.6 is 0 Å². The van der Waals surface area contributed by atoms with Crippen LogP contribution in [-0.4, -0.2) is 19.9 Å². The Labute approximate surface area is 107 Å². The Morgan fingerprint density at radius 1 is 1.28 bits per heavy atom. The van der Waals surface area contributed by atoms with Gasteiger partial charge in [0.1, 0.15) is 0 Å². The summed E-state index contributed by atoms with van der Waals surface area (Å²) in [5, 5.41) is 0. The van der Waals surface area contributed by atoms with Crippen LogP contribution in [0.2, 0.25) is 0 Å². The van der Waals surface area contributed by atoms with Gasteiger partial charge < -0.3 is 4.98 Å². The molecule has 100 valence electrons. The normalized spacial score (nSPS) is 17.1. The highest BCUT2D eigenvalue weighted by Gasteiger charge is 2.17. The number of rotatable bonds is 5. The van der Waals surface area contributed by atoms with Gasteiger partial charge in [0.15, 0.2) is 0 Å². The molecule has 2 N–H and O–H groups in total. The monoisotopic (exact) mass is 270 g/mol. The number of aromatic nitrogens is 1. The van der Waals surface area contributed by atoms with E-state index in [9.17, 15) is 13.2 Å². The van der Waals surface area contributed by atoms with E-state index >= 15 is 0 Å². The molecule has 1 aliphatic carbocycles. The van der Waals surface area contributed by atoms with E-state index in [0.29, 0.717) is 12.5 Å². The second-order valence-corrected chi connectivity index (χ2v) is 6.49. The van der Waals surface area contributed by atoms with Crippen molar-refractivity contribution in [2.24, 2.45) is 5.92 Å². The van der Waals surface area contributed by atoms with Gasteiger partial charge in [0.2, 0.25) is 15.6 Å². The van der Waals surface area contributed by atoms with Gasteiger partial charge in [-0.05, 0) is 18.4 Å². The molecule has 1 aliphatic rings. The molecule has 5 nitrogen and oxygen atoms in total. The smallest absolute Gasteiger partial charge is 0.247 e. The van der Waals surface area contributed by atoms with Gasteiger partial charge in [-0.15, -0.1) is 0 Å². The highest BCUT2D eigenvalue weighted by atomic mass is 32.2. The predicted octanol–water partition coefficient (Wildman–Crippen LogP) is 1.23. The van der Waals surface area contributed by atoms with Crippen molar-refractivity contribution in [3.63, 3.8) is 0 Å². The summed E-state index contributed by atoms with van der Waals surface area (Å²) in [5.41, 5.74) is -0.306. The fourth-order valence-corrected chi connectivity index (χ4v) is 3.36. The molecule has 1 heterocycles. The molecule has 0 saturated heterocycles. The third kappa shape index (κ3) is 3.43. The summed E-state index contributed by atoms with van der Waals surface area (Å²) < 4.78 is 26.3. The van der Waals surface area contributed by atoms with E-state index in [1.807, 2.05) is 0 Å². The minimum atomic E-state index is -3.49. The van der Waals surface area contributed by atoms with Gasteiger partial charge in [0.05, 0.1) is 4.90 Å². The maximum atomic E-state index is 11.9. The average Bonchev–Trinajstić information content (AvgIpc) is 2.82. The minimum Gasteiger partial charge on any atom is -0.328 e. The van der Waals surface area contributed by atoms with Gasteiger partial charge >= 0.3 is 0 Å². The maximum absolute atomic E-state index is 11.9. The van der Waals surface area contributed by atoms with Crippen molar-refractivity contribution in [1.82, 2.24) is 9.71 Å². The quantitative estimate of drug-likeness (QED) is 0.844. The lowest BCUT2D eigenvalue weighted by Crippen LogP contribution is -2.26. The van der Waals surface area contributed by atoms with Crippen molar-refractivity contribution in [2.45, 2.75) is 37.0 Å². The Hall–Kier alpha value is -1.14. The summed E-state index contributed by atoms with van der Waals surface area (Å²) >= 11 is 0.